The fraction of sp³-hybridized carbons (Fsp3) is 0.562. The van der Waals surface area contributed by atoms with Crippen molar-refractivity contribution >= 4 is 5.91 Å². The molecule has 1 aliphatic carbocycles. The Balaban J connectivity index is 1.58. The number of hydrogen-bond acceptors (Lipinski definition) is 3. The second kappa shape index (κ2) is 6.53. The van der Waals surface area contributed by atoms with Crippen molar-refractivity contribution in [2.75, 3.05) is 0 Å². The van der Waals surface area contributed by atoms with E-state index in [4.69, 9.17) is 0 Å². The molecule has 2 aromatic rings. The van der Waals surface area contributed by atoms with Crippen LogP contribution in [0.3, 0.4) is 0 Å². The first-order valence-electron chi connectivity index (χ1n) is 8.15. The van der Waals surface area contributed by atoms with Crippen LogP contribution in [-0.2, 0) is 31.1 Å². The molecule has 0 saturated heterocycles. The average Bonchev–Trinajstić information content (AvgIpc) is 3.18. The molecule has 6 nitrogen and oxygen atoms in total. The second-order valence-corrected chi connectivity index (χ2v) is 6.39. The number of hydrogen-bond donors (Lipinski definition) is 1. The monoisotopic (exact) mass is 355 g/mol. The summed E-state index contributed by atoms with van der Waals surface area (Å²) in [5, 5.41) is 10.6. The number of carbonyl (C=O) groups is 1. The van der Waals surface area contributed by atoms with Gasteiger partial charge in [-0.15, -0.1) is 0 Å². The number of carbonyl (C=O) groups excluding carboxylic acids is 1. The van der Waals surface area contributed by atoms with Gasteiger partial charge in [-0.1, -0.05) is 0 Å². The van der Waals surface area contributed by atoms with Crippen molar-refractivity contribution in [3.05, 3.63) is 34.9 Å². The Hall–Kier alpha value is -2.32. The number of alkyl halides is 3. The van der Waals surface area contributed by atoms with Gasteiger partial charge in [-0.25, -0.2) is 0 Å². The van der Waals surface area contributed by atoms with Crippen LogP contribution in [0.2, 0.25) is 0 Å². The number of aryl methyl sites for hydroxylation is 3. The van der Waals surface area contributed by atoms with Crippen LogP contribution >= 0.6 is 0 Å². The molecule has 0 unspecified atom stereocenters. The summed E-state index contributed by atoms with van der Waals surface area (Å²) in [7, 11) is 1.80. The van der Waals surface area contributed by atoms with Gasteiger partial charge >= 0.3 is 6.18 Å². The van der Waals surface area contributed by atoms with E-state index in [0.29, 0.717) is 12.2 Å². The number of nitrogens with zero attached hydrogens (tertiary/aromatic N) is 4. The molecule has 1 fully saturated rings. The molecule has 1 aliphatic rings. The molecule has 0 bridgehead atoms. The Morgan fingerprint density at radius 1 is 1.36 bits per heavy atom. The summed E-state index contributed by atoms with van der Waals surface area (Å²) in [5.41, 5.74) is 1.43. The van der Waals surface area contributed by atoms with Gasteiger partial charge < -0.3 is 5.32 Å². The smallest absolute Gasteiger partial charge is 0.352 e. The Bertz CT molecular complexity index is 773. The minimum Gasteiger partial charge on any atom is -0.352 e. The third kappa shape index (κ3) is 4.21. The van der Waals surface area contributed by atoms with E-state index in [1.807, 2.05) is 13.1 Å². The summed E-state index contributed by atoms with van der Waals surface area (Å²) in [6.45, 7) is 2.34. The van der Waals surface area contributed by atoms with E-state index in [1.54, 1.807) is 11.7 Å². The zero-order valence-electron chi connectivity index (χ0n) is 14.1. The van der Waals surface area contributed by atoms with Crippen LogP contribution in [0.15, 0.2) is 12.3 Å². The Morgan fingerprint density at radius 3 is 2.64 bits per heavy atom. The summed E-state index contributed by atoms with van der Waals surface area (Å²) in [6, 6.07) is 1.11. The third-order valence-electron chi connectivity index (χ3n) is 4.24. The molecule has 0 atom stereocenters. The first kappa shape index (κ1) is 17.5. The molecule has 0 spiro atoms. The maximum Gasteiger partial charge on any atom is 0.435 e. The zero-order chi connectivity index (χ0) is 18.2. The SMILES string of the molecule is Cc1nn(C)cc1CNC(=O)CCn1nc(C(F)(F)F)cc1C1CC1. The zero-order valence-corrected chi connectivity index (χ0v) is 14.1. The molecule has 1 N–H and O–H groups in total. The largest absolute Gasteiger partial charge is 0.435 e. The molecule has 1 amide bonds. The maximum absolute atomic E-state index is 12.8. The summed E-state index contributed by atoms with van der Waals surface area (Å²) in [5.74, 6) is -0.0984. The summed E-state index contributed by atoms with van der Waals surface area (Å²) in [6.07, 6.45) is -0.818. The standard InChI is InChI=1S/C16H20F3N5O/c1-10-12(9-23(2)21-10)8-20-15(25)5-6-24-13(11-3-4-11)7-14(22-24)16(17,18)19/h7,9,11H,3-6,8H2,1-2H3,(H,20,25). The third-order valence-corrected chi connectivity index (χ3v) is 4.24. The summed E-state index contributed by atoms with van der Waals surface area (Å²) < 4.78 is 41.5. The lowest BCUT2D eigenvalue weighted by molar-refractivity contribution is -0.141. The predicted octanol–water partition coefficient (Wildman–Crippen LogP) is 2.53. The molecule has 0 aromatic carbocycles. The summed E-state index contributed by atoms with van der Waals surface area (Å²) in [4.78, 5) is 12.0. The van der Waals surface area contributed by atoms with E-state index in [9.17, 15) is 18.0 Å². The van der Waals surface area contributed by atoms with E-state index >= 15 is 0 Å². The quantitative estimate of drug-likeness (QED) is 0.866. The van der Waals surface area contributed by atoms with Crippen molar-refractivity contribution in [2.24, 2.45) is 7.05 Å². The highest BCUT2D eigenvalue weighted by atomic mass is 19.4. The van der Waals surface area contributed by atoms with Gasteiger partial charge in [-0.3, -0.25) is 14.2 Å². The van der Waals surface area contributed by atoms with E-state index in [0.717, 1.165) is 30.2 Å². The molecule has 0 aliphatic heterocycles. The van der Waals surface area contributed by atoms with Crippen LogP contribution in [0.1, 0.15) is 47.8 Å². The van der Waals surface area contributed by atoms with Gasteiger partial charge in [0.05, 0.1) is 5.69 Å². The lowest BCUT2D eigenvalue weighted by atomic mass is 10.2. The van der Waals surface area contributed by atoms with Gasteiger partial charge in [0, 0.05) is 49.9 Å². The van der Waals surface area contributed by atoms with Crippen molar-refractivity contribution in [3.63, 3.8) is 0 Å². The fourth-order valence-electron chi connectivity index (χ4n) is 2.77. The van der Waals surface area contributed by atoms with E-state index in [-0.39, 0.29) is 24.8 Å². The maximum atomic E-state index is 12.8. The van der Waals surface area contributed by atoms with Crippen molar-refractivity contribution in [1.29, 1.82) is 0 Å². The molecule has 2 aromatic heterocycles. The highest BCUT2D eigenvalue weighted by molar-refractivity contribution is 5.75. The van der Waals surface area contributed by atoms with Crippen molar-refractivity contribution < 1.29 is 18.0 Å². The van der Waals surface area contributed by atoms with Gasteiger partial charge in [0.25, 0.3) is 0 Å². The van der Waals surface area contributed by atoms with Crippen molar-refractivity contribution in [3.8, 4) is 0 Å². The van der Waals surface area contributed by atoms with Crippen LogP contribution in [0.4, 0.5) is 13.2 Å². The van der Waals surface area contributed by atoms with Crippen molar-refractivity contribution in [1.82, 2.24) is 24.9 Å². The van der Waals surface area contributed by atoms with Gasteiger partial charge in [0.2, 0.25) is 5.91 Å². The lowest BCUT2D eigenvalue weighted by Crippen LogP contribution is -2.24. The van der Waals surface area contributed by atoms with E-state index < -0.39 is 11.9 Å². The van der Waals surface area contributed by atoms with Crippen LogP contribution in [-0.4, -0.2) is 25.5 Å². The molecule has 25 heavy (non-hydrogen) atoms. The number of halogens is 3. The Kier molecular flexibility index (Phi) is 4.57. The van der Waals surface area contributed by atoms with Crippen molar-refractivity contribution in [2.45, 2.75) is 51.4 Å². The number of aromatic nitrogens is 4. The van der Waals surface area contributed by atoms with Crippen LogP contribution < -0.4 is 5.32 Å². The highest BCUT2D eigenvalue weighted by Gasteiger charge is 2.37. The van der Waals surface area contributed by atoms with Gasteiger partial charge in [-0.2, -0.15) is 23.4 Å². The molecule has 9 heteroatoms. The molecule has 0 radical (unpaired) electrons. The summed E-state index contributed by atoms with van der Waals surface area (Å²) >= 11 is 0. The first-order valence-corrected chi connectivity index (χ1v) is 8.15. The lowest BCUT2D eigenvalue weighted by Gasteiger charge is -2.07. The number of nitrogens with one attached hydrogen (secondary N) is 1. The van der Waals surface area contributed by atoms with Gasteiger partial charge in [0.1, 0.15) is 0 Å². The first-order chi connectivity index (χ1) is 11.7. The topological polar surface area (TPSA) is 64.7 Å². The van der Waals surface area contributed by atoms with E-state index in [2.05, 4.69) is 15.5 Å². The Labute approximate surface area is 143 Å². The molecule has 136 valence electrons. The number of rotatable bonds is 6. The predicted molar refractivity (Wildman–Crippen MR) is 83.6 cm³/mol. The normalized spacial score (nSPS) is 14.8. The molecule has 1 saturated carbocycles. The van der Waals surface area contributed by atoms with E-state index in [1.165, 1.54) is 4.68 Å². The van der Waals surface area contributed by atoms with Crippen LogP contribution in [0.5, 0.6) is 0 Å². The molecule has 3 rings (SSSR count). The molecule has 2 heterocycles. The number of amides is 1. The second-order valence-electron chi connectivity index (χ2n) is 6.39. The van der Waals surface area contributed by atoms with Gasteiger partial charge in [-0.05, 0) is 25.8 Å². The van der Waals surface area contributed by atoms with Crippen LogP contribution in [0, 0.1) is 6.92 Å². The minimum atomic E-state index is -4.46. The average molecular weight is 355 g/mol. The molecular formula is C16H20F3N5O. The Morgan fingerprint density at radius 2 is 2.08 bits per heavy atom. The highest BCUT2D eigenvalue weighted by Crippen LogP contribution is 2.42. The molecular weight excluding hydrogens is 335 g/mol. The van der Waals surface area contributed by atoms with Crippen LogP contribution in [0.25, 0.3) is 0 Å². The fourth-order valence-corrected chi connectivity index (χ4v) is 2.77. The minimum absolute atomic E-state index is 0.0814. The van der Waals surface area contributed by atoms with Gasteiger partial charge in [0.15, 0.2) is 5.69 Å².